The summed E-state index contributed by atoms with van der Waals surface area (Å²) in [6.07, 6.45) is 0. The first kappa shape index (κ1) is 20.9. The quantitative estimate of drug-likeness (QED) is 0.703. The van der Waals surface area contributed by atoms with Crippen LogP contribution >= 0.6 is 12.4 Å². The van der Waals surface area contributed by atoms with Crippen LogP contribution in [-0.2, 0) is 14.8 Å². The van der Waals surface area contributed by atoms with Gasteiger partial charge in [-0.1, -0.05) is 0 Å². The number of hydrogen-bond acceptors (Lipinski definition) is 5. The van der Waals surface area contributed by atoms with E-state index in [9.17, 15) is 13.2 Å². The average Bonchev–Trinajstić information content (AvgIpc) is 2.55. The minimum atomic E-state index is -3.58. The van der Waals surface area contributed by atoms with Gasteiger partial charge in [0.2, 0.25) is 10.0 Å². The molecule has 0 saturated carbocycles. The molecule has 1 aromatic carbocycles. The fourth-order valence-electron chi connectivity index (χ4n) is 2.45. The Morgan fingerprint density at radius 3 is 2.62 bits per heavy atom. The maximum absolute atomic E-state index is 12.5. The Hall–Kier alpha value is -1.19. The first-order chi connectivity index (χ1) is 11.0. The number of nitrogens with one attached hydrogen (secondary N) is 2. The summed E-state index contributed by atoms with van der Waals surface area (Å²) in [6.45, 7) is 4.68. The molecule has 2 rings (SSSR count). The first-order valence-corrected chi connectivity index (χ1v) is 9.04. The molecule has 0 bridgehead atoms. The highest BCUT2D eigenvalue weighted by atomic mass is 35.5. The van der Waals surface area contributed by atoms with E-state index >= 15 is 0 Å². The van der Waals surface area contributed by atoms with Gasteiger partial charge in [-0.25, -0.2) is 13.1 Å². The van der Waals surface area contributed by atoms with E-state index in [4.69, 9.17) is 4.74 Å². The normalized spacial score (nSPS) is 18.1. The highest BCUT2D eigenvalue weighted by molar-refractivity contribution is 7.89. The highest BCUT2D eigenvalue weighted by Gasteiger charge is 2.24. The van der Waals surface area contributed by atoms with Crippen LogP contribution in [0.1, 0.15) is 17.3 Å². The molecule has 7 nitrogen and oxygen atoms in total. The zero-order chi connectivity index (χ0) is 16.9. The molecule has 0 aromatic heterocycles. The van der Waals surface area contributed by atoms with E-state index in [0.717, 1.165) is 13.1 Å². The van der Waals surface area contributed by atoms with Gasteiger partial charge in [0.25, 0.3) is 5.91 Å². The topological polar surface area (TPSA) is 87.7 Å². The summed E-state index contributed by atoms with van der Waals surface area (Å²) in [5, 5.41) is 3.23. The Labute approximate surface area is 149 Å². The van der Waals surface area contributed by atoms with Crippen molar-refractivity contribution in [2.75, 3.05) is 39.9 Å². The second kappa shape index (κ2) is 9.33. The Morgan fingerprint density at radius 1 is 1.38 bits per heavy atom. The Morgan fingerprint density at radius 2 is 2.04 bits per heavy atom. The van der Waals surface area contributed by atoms with Gasteiger partial charge in [0.1, 0.15) is 0 Å². The predicted molar refractivity (Wildman–Crippen MR) is 94.1 cm³/mol. The van der Waals surface area contributed by atoms with Crippen molar-refractivity contribution in [3.05, 3.63) is 29.8 Å². The molecule has 1 amide bonds. The van der Waals surface area contributed by atoms with Crippen LogP contribution in [0.5, 0.6) is 0 Å². The van der Waals surface area contributed by atoms with E-state index in [0.29, 0.717) is 18.7 Å². The average molecular weight is 378 g/mol. The number of benzene rings is 1. The summed E-state index contributed by atoms with van der Waals surface area (Å²) in [5.74, 6) is -0.0738. The number of ether oxygens (including phenoxy) is 1. The maximum Gasteiger partial charge on any atom is 0.254 e. The van der Waals surface area contributed by atoms with Crippen LogP contribution < -0.4 is 10.0 Å². The van der Waals surface area contributed by atoms with Crippen molar-refractivity contribution in [3.8, 4) is 0 Å². The second-order valence-corrected chi connectivity index (χ2v) is 7.23. The molecule has 0 unspecified atom stereocenters. The Balaban J connectivity index is 0.00000288. The number of carbonyl (C=O) groups excluding carboxylic acids is 1. The first-order valence-electron chi connectivity index (χ1n) is 7.56. The van der Waals surface area contributed by atoms with Crippen molar-refractivity contribution in [3.63, 3.8) is 0 Å². The molecule has 1 aromatic rings. The summed E-state index contributed by atoms with van der Waals surface area (Å²) in [4.78, 5) is 14.4. The molecule has 1 aliphatic heterocycles. The molecule has 1 heterocycles. The summed E-state index contributed by atoms with van der Waals surface area (Å²) < 4.78 is 31.4. The summed E-state index contributed by atoms with van der Waals surface area (Å²) in [7, 11) is -2.07. The van der Waals surface area contributed by atoms with Crippen molar-refractivity contribution >= 4 is 28.3 Å². The van der Waals surface area contributed by atoms with Gasteiger partial charge in [0.05, 0.1) is 11.5 Å². The van der Waals surface area contributed by atoms with Gasteiger partial charge in [0.15, 0.2) is 0 Å². The van der Waals surface area contributed by atoms with Gasteiger partial charge in [-0.05, 0) is 31.2 Å². The van der Waals surface area contributed by atoms with Crippen LogP contribution in [0.4, 0.5) is 0 Å². The lowest BCUT2D eigenvalue weighted by Crippen LogP contribution is -2.52. The molecule has 136 valence electrons. The predicted octanol–water partition coefficient (Wildman–Crippen LogP) is 0.467. The smallest absolute Gasteiger partial charge is 0.254 e. The molecule has 1 atom stereocenters. The number of halogens is 1. The number of carbonyl (C=O) groups is 1. The van der Waals surface area contributed by atoms with E-state index in [1.165, 1.54) is 19.2 Å². The maximum atomic E-state index is 12.5. The van der Waals surface area contributed by atoms with Crippen LogP contribution in [-0.4, -0.2) is 65.2 Å². The lowest BCUT2D eigenvalue weighted by molar-refractivity contribution is 0.0655. The molecule has 24 heavy (non-hydrogen) atoms. The lowest BCUT2D eigenvalue weighted by atomic mass is 10.1. The van der Waals surface area contributed by atoms with Crippen LogP contribution in [0.3, 0.4) is 0 Å². The molecule has 0 radical (unpaired) electrons. The Kier molecular flexibility index (Phi) is 8.11. The van der Waals surface area contributed by atoms with Gasteiger partial charge in [0, 0.05) is 44.9 Å². The molecule has 0 spiro atoms. The van der Waals surface area contributed by atoms with E-state index in [2.05, 4.69) is 10.0 Å². The summed E-state index contributed by atoms with van der Waals surface area (Å²) in [5.41, 5.74) is 0.495. The molecule has 1 saturated heterocycles. The van der Waals surface area contributed by atoms with Crippen molar-refractivity contribution in [2.24, 2.45) is 0 Å². The fraction of sp³-hybridized carbons (Fsp3) is 0.533. The van der Waals surface area contributed by atoms with Crippen molar-refractivity contribution in [2.45, 2.75) is 17.9 Å². The van der Waals surface area contributed by atoms with Crippen molar-refractivity contribution in [1.29, 1.82) is 0 Å². The SMILES string of the molecule is COCCNS(=O)(=O)c1ccc(C(=O)N2CCNC[C@H]2C)cc1.Cl. The standard InChI is InChI=1S/C15H23N3O4S.ClH/c1-12-11-16-7-9-18(12)15(19)13-3-5-14(6-4-13)23(20,21)17-8-10-22-2;/h3-6,12,16-17H,7-11H2,1-2H3;1H/t12-;/m1./s1. The fourth-order valence-corrected chi connectivity index (χ4v) is 3.46. The van der Waals surface area contributed by atoms with E-state index in [1.54, 1.807) is 17.0 Å². The third-order valence-electron chi connectivity index (χ3n) is 3.77. The van der Waals surface area contributed by atoms with Gasteiger partial charge in [-0.2, -0.15) is 0 Å². The van der Waals surface area contributed by atoms with Crippen LogP contribution in [0.15, 0.2) is 29.2 Å². The molecule has 2 N–H and O–H groups in total. The van der Waals surface area contributed by atoms with Crippen LogP contribution in [0.2, 0.25) is 0 Å². The zero-order valence-corrected chi connectivity index (χ0v) is 15.5. The third kappa shape index (κ3) is 5.15. The summed E-state index contributed by atoms with van der Waals surface area (Å²) >= 11 is 0. The monoisotopic (exact) mass is 377 g/mol. The summed E-state index contributed by atoms with van der Waals surface area (Å²) in [6, 6.07) is 6.14. The molecule has 9 heteroatoms. The zero-order valence-electron chi connectivity index (χ0n) is 13.8. The third-order valence-corrected chi connectivity index (χ3v) is 5.25. The van der Waals surface area contributed by atoms with Gasteiger partial charge >= 0.3 is 0 Å². The number of hydrogen-bond donors (Lipinski definition) is 2. The van der Waals surface area contributed by atoms with E-state index in [-0.39, 0.29) is 35.8 Å². The molecule has 0 aliphatic carbocycles. The van der Waals surface area contributed by atoms with Gasteiger partial charge in [-0.15, -0.1) is 12.4 Å². The van der Waals surface area contributed by atoms with Crippen LogP contribution in [0.25, 0.3) is 0 Å². The number of nitrogens with zero attached hydrogens (tertiary/aromatic N) is 1. The minimum Gasteiger partial charge on any atom is -0.383 e. The van der Waals surface area contributed by atoms with Crippen molar-refractivity contribution < 1.29 is 17.9 Å². The molecular weight excluding hydrogens is 354 g/mol. The van der Waals surface area contributed by atoms with Gasteiger partial charge in [-0.3, -0.25) is 4.79 Å². The highest BCUT2D eigenvalue weighted by Crippen LogP contribution is 2.14. The lowest BCUT2D eigenvalue weighted by Gasteiger charge is -2.34. The number of methoxy groups -OCH3 is 1. The van der Waals surface area contributed by atoms with Crippen LogP contribution in [0, 0.1) is 0 Å². The molecule has 1 fully saturated rings. The minimum absolute atomic E-state index is 0. The molecular formula is C15H24ClN3O4S. The van der Waals surface area contributed by atoms with E-state index in [1.807, 2.05) is 6.92 Å². The number of amides is 1. The molecule has 1 aliphatic rings. The Bertz CT molecular complexity index is 637. The van der Waals surface area contributed by atoms with Gasteiger partial charge < -0.3 is 15.0 Å². The largest absolute Gasteiger partial charge is 0.383 e. The van der Waals surface area contributed by atoms with E-state index < -0.39 is 10.0 Å². The number of sulfonamides is 1. The second-order valence-electron chi connectivity index (χ2n) is 5.47. The van der Waals surface area contributed by atoms with Crippen molar-refractivity contribution in [1.82, 2.24) is 14.9 Å². The number of piperazine rings is 1. The number of rotatable bonds is 6.